The molecule has 0 bridgehead atoms. The Morgan fingerprint density at radius 3 is 2.41 bits per heavy atom. The van der Waals surface area contributed by atoms with Crippen LogP contribution in [0.15, 0.2) is 35.2 Å². The van der Waals surface area contributed by atoms with E-state index in [2.05, 4.69) is 5.32 Å². The number of hydrogen-bond acceptors (Lipinski definition) is 3. The molecule has 0 unspecified atom stereocenters. The molecule has 17 heavy (non-hydrogen) atoms. The SMILES string of the molecule is O=S(=O)(CCNC1CCCC1)c1ccccc1. The summed E-state index contributed by atoms with van der Waals surface area (Å²) < 4.78 is 23.9. The van der Waals surface area contributed by atoms with Crippen LogP contribution < -0.4 is 5.32 Å². The van der Waals surface area contributed by atoms with E-state index in [0.717, 1.165) is 0 Å². The Kier molecular flexibility index (Phi) is 4.18. The van der Waals surface area contributed by atoms with Gasteiger partial charge in [-0.25, -0.2) is 8.42 Å². The van der Waals surface area contributed by atoms with E-state index in [4.69, 9.17) is 0 Å². The van der Waals surface area contributed by atoms with Crippen molar-refractivity contribution >= 4 is 9.84 Å². The summed E-state index contributed by atoms with van der Waals surface area (Å²) in [6.45, 7) is 0.557. The van der Waals surface area contributed by atoms with Crippen molar-refractivity contribution in [3.8, 4) is 0 Å². The summed E-state index contributed by atoms with van der Waals surface area (Å²) in [5.41, 5.74) is 0. The highest BCUT2D eigenvalue weighted by atomic mass is 32.2. The highest BCUT2D eigenvalue weighted by Crippen LogP contribution is 2.17. The van der Waals surface area contributed by atoms with Crippen LogP contribution in [-0.4, -0.2) is 26.8 Å². The molecule has 1 saturated carbocycles. The topological polar surface area (TPSA) is 46.2 Å². The molecule has 0 radical (unpaired) electrons. The summed E-state index contributed by atoms with van der Waals surface area (Å²) in [5.74, 6) is 0.188. The van der Waals surface area contributed by atoms with Gasteiger partial charge in [-0.1, -0.05) is 31.0 Å². The van der Waals surface area contributed by atoms with Gasteiger partial charge in [-0.05, 0) is 25.0 Å². The Hall–Kier alpha value is -0.870. The predicted octanol–water partition coefficient (Wildman–Crippen LogP) is 1.99. The van der Waals surface area contributed by atoms with Crippen LogP contribution in [0.3, 0.4) is 0 Å². The van der Waals surface area contributed by atoms with E-state index in [1.54, 1.807) is 24.3 Å². The van der Waals surface area contributed by atoms with E-state index < -0.39 is 9.84 Å². The first kappa shape index (κ1) is 12.6. The van der Waals surface area contributed by atoms with Gasteiger partial charge in [0.15, 0.2) is 9.84 Å². The molecule has 1 aliphatic carbocycles. The molecule has 0 aromatic heterocycles. The molecule has 1 aliphatic rings. The minimum absolute atomic E-state index is 0.188. The summed E-state index contributed by atoms with van der Waals surface area (Å²) >= 11 is 0. The predicted molar refractivity (Wildman–Crippen MR) is 68.8 cm³/mol. The van der Waals surface area contributed by atoms with Crippen molar-refractivity contribution in [1.29, 1.82) is 0 Å². The van der Waals surface area contributed by atoms with Crippen molar-refractivity contribution < 1.29 is 8.42 Å². The van der Waals surface area contributed by atoms with Crippen molar-refractivity contribution in [2.24, 2.45) is 0 Å². The molecule has 1 aromatic rings. The third-order valence-electron chi connectivity index (χ3n) is 3.26. The highest BCUT2D eigenvalue weighted by Gasteiger charge is 2.17. The maximum absolute atomic E-state index is 12.0. The zero-order chi connectivity index (χ0) is 12.1. The number of sulfone groups is 1. The zero-order valence-corrected chi connectivity index (χ0v) is 10.7. The Balaban J connectivity index is 1.85. The lowest BCUT2D eigenvalue weighted by Gasteiger charge is -2.11. The fraction of sp³-hybridized carbons (Fsp3) is 0.538. The van der Waals surface area contributed by atoms with Crippen molar-refractivity contribution in [1.82, 2.24) is 5.32 Å². The Morgan fingerprint density at radius 2 is 1.76 bits per heavy atom. The Labute approximate surface area is 103 Å². The molecule has 1 N–H and O–H groups in total. The van der Waals surface area contributed by atoms with E-state index in [1.807, 2.05) is 6.07 Å². The summed E-state index contributed by atoms with van der Waals surface area (Å²) in [7, 11) is -3.11. The third kappa shape index (κ3) is 3.54. The van der Waals surface area contributed by atoms with E-state index in [0.29, 0.717) is 17.5 Å². The van der Waals surface area contributed by atoms with Crippen LogP contribution in [0.25, 0.3) is 0 Å². The molecule has 0 spiro atoms. The summed E-state index contributed by atoms with van der Waals surface area (Å²) in [4.78, 5) is 0.424. The van der Waals surface area contributed by atoms with Crippen LogP contribution in [0.5, 0.6) is 0 Å². The smallest absolute Gasteiger partial charge is 0.179 e. The lowest BCUT2D eigenvalue weighted by Crippen LogP contribution is -2.31. The second kappa shape index (κ2) is 5.65. The second-order valence-electron chi connectivity index (χ2n) is 4.57. The van der Waals surface area contributed by atoms with Gasteiger partial charge in [0.2, 0.25) is 0 Å². The van der Waals surface area contributed by atoms with Gasteiger partial charge >= 0.3 is 0 Å². The number of benzene rings is 1. The van der Waals surface area contributed by atoms with E-state index in [-0.39, 0.29) is 5.75 Å². The van der Waals surface area contributed by atoms with Gasteiger partial charge in [0, 0.05) is 12.6 Å². The molecule has 0 atom stereocenters. The quantitative estimate of drug-likeness (QED) is 0.873. The molecule has 4 heteroatoms. The van der Waals surface area contributed by atoms with Gasteiger partial charge < -0.3 is 5.32 Å². The first-order valence-electron chi connectivity index (χ1n) is 6.20. The summed E-state index contributed by atoms with van der Waals surface area (Å²) in [5, 5.41) is 3.33. The summed E-state index contributed by atoms with van der Waals surface area (Å²) in [6, 6.07) is 9.20. The fourth-order valence-electron chi connectivity index (χ4n) is 2.27. The maximum Gasteiger partial charge on any atom is 0.179 e. The first-order chi connectivity index (χ1) is 8.18. The average Bonchev–Trinajstić information content (AvgIpc) is 2.83. The van der Waals surface area contributed by atoms with E-state index >= 15 is 0 Å². The van der Waals surface area contributed by atoms with E-state index in [1.165, 1.54) is 25.7 Å². The second-order valence-corrected chi connectivity index (χ2v) is 6.68. The monoisotopic (exact) mass is 253 g/mol. The molecule has 0 amide bonds. The molecule has 0 aliphatic heterocycles. The standard InChI is InChI=1S/C13H19NO2S/c15-17(16,13-8-2-1-3-9-13)11-10-14-12-6-4-5-7-12/h1-3,8-9,12,14H,4-7,10-11H2. The molecule has 1 aromatic carbocycles. The van der Waals surface area contributed by atoms with Crippen LogP contribution in [0.4, 0.5) is 0 Å². The number of rotatable bonds is 5. The molecule has 1 fully saturated rings. The Bertz CT molecular complexity index is 436. The first-order valence-corrected chi connectivity index (χ1v) is 7.85. The van der Waals surface area contributed by atoms with Gasteiger partial charge in [0.25, 0.3) is 0 Å². The van der Waals surface area contributed by atoms with Crippen LogP contribution >= 0.6 is 0 Å². The highest BCUT2D eigenvalue weighted by molar-refractivity contribution is 7.91. The van der Waals surface area contributed by atoms with Crippen molar-refractivity contribution in [2.45, 2.75) is 36.6 Å². The van der Waals surface area contributed by atoms with Crippen molar-refractivity contribution in [3.63, 3.8) is 0 Å². The van der Waals surface area contributed by atoms with Crippen molar-refractivity contribution in [2.75, 3.05) is 12.3 Å². The van der Waals surface area contributed by atoms with Crippen LogP contribution in [0.2, 0.25) is 0 Å². The number of nitrogens with one attached hydrogen (secondary N) is 1. The molecular weight excluding hydrogens is 234 g/mol. The van der Waals surface area contributed by atoms with Gasteiger partial charge in [-0.15, -0.1) is 0 Å². The van der Waals surface area contributed by atoms with Crippen molar-refractivity contribution in [3.05, 3.63) is 30.3 Å². The van der Waals surface area contributed by atoms with Gasteiger partial charge in [0.1, 0.15) is 0 Å². The fourth-order valence-corrected chi connectivity index (χ4v) is 3.47. The maximum atomic E-state index is 12.0. The molecule has 94 valence electrons. The zero-order valence-electron chi connectivity index (χ0n) is 9.93. The molecule has 0 heterocycles. The lowest BCUT2D eigenvalue weighted by atomic mass is 10.2. The molecule has 0 saturated heterocycles. The van der Waals surface area contributed by atoms with Crippen LogP contribution in [0.1, 0.15) is 25.7 Å². The molecule has 3 nitrogen and oxygen atoms in total. The molecule has 2 rings (SSSR count). The lowest BCUT2D eigenvalue weighted by molar-refractivity contribution is 0.536. The van der Waals surface area contributed by atoms with Crippen LogP contribution in [0, 0.1) is 0 Å². The minimum atomic E-state index is -3.11. The average molecular weight is 253 g/mol. The van der Waals surface area contributed by atoms with Gasteiger partial charge in [-0.3, -0.25) is 0 Å². The number of hydrogen-bond donors (Lipinski definition) is 1. The van der Waals surface area contributed by atoms with Crippen LogP contribution in [-0.2, 0) is 9.84 Å². The normalized spacial score (nSPS) is 17.4. The Morgan fingerprint density at radius 1 is 1.12 bits per heavy atom. The van der Waals surface area contributed by atoms with E-state index in [9.17, 15) is 8.42 Å². The summed E-state index contributed by atoms with van der Waals surface area (Å²) in [6.07, 6.45) is 4.91. The largest absolute Gasteiger partial charge is 0.313 e. The van der Waals surface area contributed by atoms with Gasteiger partial charge in [-0.2, -0.15) is 0 Å². The third-order valence-corrected chi connectivity index (χ3v) is 4.99. The molecular formula is C13H19NO2S. The van der Waals surface area contributed by atoms with Gasteiger partial charge in [0.05, 0.1) is 10.6 Å². The minimum Gasteiger partial charge on any atom is -0.313 e.